The lowest BCUT2D eigenvalue weighted by Gasteiger charge is -2.25. The van der Waals surface area contributed by atoms with E-state index in [0.717, 1.165) is 28.0 Å². The lowest BCUT2D eigenvalue weighted by molar-refractivity contribution is 0.196. The number of aryl methyl sites for hydroxylation is 3. The smallest absolute Gasteiger partial charge is 0.211 e. The number of hydrogen-bond acceptors (Lipinski definition) is 8. The fourth-order valence-corrected chi connectivity index (χ4v) is 5.12. The molecule has 4 aromatic heterocycles. The van der Waals surface area contributed by atoms with Crippen LogP contribution in [0.2, 0.25) is 0 Å². The molecular weight excluding hydrogens is 454 g/mol. The predicted molar refractivity (Wildman–Crippen MR) is 129 cm³/mol. The Morgan fingerprint density at radius 3 is 2.71 bits per heavy atom. The third kappa shape index (κ3) is 4.85. The molecule has 1 saturated heterocycles. The number of nitrogens with zero attached hydrogens (tertiary/aromatic N) is 5. The van der Waals surface area contributed by atoms with Gasteiger partial charge in [0.05, 0.1) is 17.5 Å². The van der Waals surface area contributed by atoms with E-state index in [0.29, 0.717) is 29.6 Å². The standard InChI is InChI=1S/C23H25N7O3S/c1-14-8-20(21(13-24-14)33-19-5-7-34(31,32)25-12-19)17-4-6-30-18(10-17)11-23(29-30)28-22-9-15(2)26-16(3)27-22/h4,6,8-11,13,19,25H,5,7,12H2,1-3H3,(H,26,27,28,29). The summed E-state index contributed by atoms with van der Waals surface area (Å²) in [4.78, 5) is 13.1. The van der Waals surface area contributed by atoms with Gasteiger partial charge < -0.3 is 10.1 Å². The van der Waals surface area contributed by atoms with Gasteiger partial charge in [-0.05, 0) is 44.5 Å². The molecule has 1 fully saturated rings. The highest BCUT2D eigenvalue weighted by Gasteiger charge is 2.25. The van der Waals surface area contributed by atoms with Gasteiger partial charge in [-0.2, -0.15) is 5.10 Å². The van der Waals surface area contributed by atoms with Crippen LogP contribution in [0.15, 0.2) is 42.7 Å². The van der Waals surface area contributed by atoms with Crippen molar-refractivity contribution >= 4 is 27.2 Å². The zero-order valence-corrected chi connectivity index (χ0v) is 19.9. The average molecular weight is 480 g/mol. The first-order chi connectivity index (χ1) is 16.2. The van der Waals surface area contributed by atoms with E-state index in [4.69, 9.17) is 4.74 Å². The van der Waals surface area contributed by atoms with Crippen molar-refractivity contribution in [1.82, 2.24) is 29.3 Å². The van der Waals surface area contributed by atoms with Gasteiger partial charge in [0.2, 0.25) is 10.0 Å². The average Bonchev–Trinajstić information content (AvgIpc) is 3.17. The number of pyridine rings is 2. The third-order valence-corrected chi connectivity index (χ3v) is 6.91. The quantitative estimate of drug-likeness (QED) is 0.448. The number of hydrogen-bond donors (Lipinski definition) is 2. The summed E-state index contributed by atoms with van der Waals surface area (Å²) in [7, 11) is -3.20. The van der Waals surface area contributed by atoms with E-state index in [1.165, 1.54) is 0 Å². The van der Waals surface area contributed by atoms with Crippen LogP contribution in [-0.2, 0) is 10.0 Å². The Labute approximate surface area is 197 Å². The van der Waals surface area contributed by atoms with Crippen molar-refractivity contribution in [3.63, 3.8) is 0 Å². The van der Waals surface area contributed by atoms with Crippen LogP contribution in [0.3, 0.4) is 0 Å². The molecular formula is C23H25N7O3S. The second kappa shape index (κ2) is 8.65. The normalized spacial score (nSPS) is 17.6. The Kier molecular flexibility index (Phi) is 5.66. The maximum atomic E-state index is 11.7. The zero-order chi connectivity index (χ0) is 23.9. The van der Waals surface area contributed by atoms with Crippen molar-refractivity contribution in [1.29, 1.82) is 0 Å². The van der Waals surface area contributed by atoms with E-state index in [2.05, 4.69) is 30.1 Å². The van der Waals surface area contributed by atoms with Crippen LogP contribution in [-0.4, -0.2) is 51.4 Å². The fourth-order valence-electron chi connectivity index (χ4n) is 3.96. The Bertz CT molecular complexity index is 1450. The second-order valence-electron chi connectivity index (χ2n) is 8.40. The molecule has 176 valence electrons. The van der Waals surface area contributed by atoms with Gasteiger partial charge in [0.25, 0.3) is 0 Å². The van der Waals surface area contributed by atoms with Crippen molar-refractivity contribution in [3.8, 4) is 16.9 Å². The molecule has 5 rings (SSSR count). The summed E-state index contributed by atoms with van der Waals surface area (Å²) < 4.78 is 33.8. The van der Waals surface area contributed by atoms with Gasteiger partial charge in [-0.1, -0.05) is 0 Å². The van der Waals surface area contributed by atoms with Gasteiger partial charge in [0, 0.05) is 48.2 Å². The van der Waals surface area contributed by atoms with Crippen LogP contribution in [0, 0.1) is 20.8 Å². The summed E-state index contributed by atoms with van der Waals surface area (Å²) >= 11 is 0. The molecule has 4 aromatic rings. The molecule has 1 atom stereocenters. The van der Waals surface area contributed by atoms with Crippen LogP contribution in [0.5, 0.6) is 5.75 Å². The minimum atomic E-state index is -3.20. The largest absolute Gasteiger partial charge is 0.487 e. The number of nitrogens with one attached hydrogen (secondary N) is 2. The number of rotatable bonds is 5. The van der Waals surface area contributed by atoms with Gasteiger partial charge in [-0.3, -0.25) is 4.98 Å². The lowest BCUT2D eigenvalue weighted by Crippen LogP contribution is -2.43. The number of sulfonamides is 1. The lowest BCUT2D eigenvalue weighted by atomic mass is 10.1. The first-order valence-corrected chi connectivity index (χ1v) is 12.6. The molecule has 11 heteroatoms. The van der Waals surface area contributed by atoms with E-state index < -0.39 is 10.0 Å². The maximum absolute atomic E-state index is 11.7. The molecule has 1 unspecified atom stereocenters. The van der Waals surface area contributed by atoms with E-state index >= 15 is 0 Å². The topological polar surface area (TPSA) is 123 Å². The summed E-state index contributed by atoms with van der Waals surface area (Å²) in [5, 5.41) is 7.83. The van der Waals surface area contributed by atoms with Crippen molar-refractivity contribution in [3.05, 3.63) is 59.9 Å². The molecule has 0 spiro atoms. The van der Waals surface area contributed by atoms with E-state index in [-0.39, 0.29) is 18.4 Å². The van der Waals surface area contributed by atoms with Gasteiger partial charge in [-0.25, -0.2) is 27.6 Å². The Balaban J connectivity index is 1.43. The summed E-state index contributed by atoms with van der Waals surface area (Å²) in [5.41, 5.74) is 4.48. The minimum Gasteiger partial charge on any atom is -0.487 e. The first-order valence-electron chi connectivity index (χ1n) is 10.9. The number of aromatic nitrogens is 5. The van der Waals surface area contributed by atoms with Crippen LogP contribution in [0.25, 0.3) is 16.6 Å². The molecule has 0 aliphatic carbocycles. The SMILES string of the molecule is Cc1cc(-c2ccn3nc(Nc4cc(C)nc(C)n4)cc3c2)c(OC2CCS(=O)(=O)NC2)cn1. The predicted octanol–water partition coefficient (Wildman–Crippen LogP) is 2.93. The molecule has 0 bridgehead atoms. The summed E-state index contributed by atoms with van der Waals surface area (Å²) in [5.74, 6) is 2.73. The highest BCUT2D eigenvalue weighted by molar-refractivity contribution is 7.89. The highest BCUT2D eigenvalue weighted by Crippen LogP contribution is 2.32. The number of ether oxygens (including phenoxy) is 1. The summed E-state index contributed by atoms with van der Waals surface area (Å²) in [6.07, 6.45) is 3.77. The monoisotopic (exact) mass is 479 g/mol. The molecule has 34 heavy (non-hydrogen) atoms. The second-order valence-corrected chi connectivity index (χ2v) is 10.3. The number of anilines is 2. The van der Waals surface area contributed by atoms with Crippen molar-refractivity contribution in [2.75, 3.05) is 17.6 Å². The third-order valence-electron chi connectivity index (χ3n) is 5.53. The fraction of sp³-hybridized carbons (Fsp3) is 0.304. The van der Waals surface area contributed by atoms with Crippen molar-refractivity contribution < 1.29 is 13.2 Å². The van der Waals surface area contributed by atoms with Gasteiger partial charge in [-0.15, -0.1) is 0 Å². The van der Waals surface area contributed by atoms with Gasteiger partial charge in [0.15, 0.2) is 5.82 Å². The first kappa shape index (κ1) is 22.2. The van der Waals surface area contributed by atoms with Crippen LogP contribution >= 0.6 is 0 Å². The summed E-state index contributed by atoms with van der Waals surface area (Å²) in [6.45, 7) is 5.95. The molecule has 5 heterocycles. The Morgan fingerprint density at radius 2 is 1.94 bits per heavy atom. The maximum Gasteiger partial charge on any atom is 0.211 e. The van der Waals surface area contributed by atoms with Gasteiger partial charge in [0.1, 0.15) is 23.5 Å². The zero-order valence-electron chi connectivity index (χ0n) is 19.1. The summed E-state index contributed by atoms with van der Waals surface area (Å²) in [6, 6.07) is 9.78. The van der Waals surface area contributed by atoms with Crippen LogP contribution in [0.4, 0.5) is 11.6 Å². The van der Waals surface area contributed by atoms with E-state index in [9.17, 15) is 8.42 Å². The van der Waals surface area contributed by atoms with E-state index in [1.807, 2.05) is 57.3 Å². The highest BCUT2D eigenvalue weighted by atomic mass is 32.2. The Hall–Kier alpha value is -3.57. The van der Waals surface area contributed by atoms with Crippen LogP contribution < -0.4 is 14.8 Å². The Morgan fingerprint density at radius 1 is 1.09 bits per heavy atom. The van der Waals surface area contributed by atoms with E-state index in [1.54, 1.807) is 10.7 Å². The molecule has 0 amide bonds. The molecule has 0 radical (unpaired) electrons. The molecule has 0 aromatic carbocycles. The molecule has 0 saturated carbocycles. The molecule has 2 N–H and O–H groups in total. The molecule has 10 nitrogen and oxygen atoms in total. The molecule has 1 aliphatic heterocycles. The van der Waals surface area contributed by atoms with Crippen molar-refractivity contribution in [2.45, 2.75) is 33.3 Å². The van der Waals surface area contributed by atoms with Gasteiger partial charge >= 0.3 is 0 Å². The minimum absolute atomic E-state index is 0.0508. The van der Waals surface area contributed by atoms with Crippen molar-refractivity contribution in [2.24, 2.45) is 0 Å². The van der Waals surface area contributed by atoms with Crippen LogP contribution in [0.1, 0.15) is 23.6 Å². The number of fused-ring (bicyclic) bond motifs is 1. The molecule has 1 aliphatic rings.